The lowest BCUT2D eigenvalue weighted by Gasteiger charge is -2.14. The van der Waals surface area contributed by atoms with Gasteiger partial charge in [0.1, 0.15) is 6.61 Å². The monoisotopic (exact) mass is 255 g/mol. The van der Waals surface area contributed by atoms with Gasteiger partial charge >= 0.3 is 0 Å². The van der Waals surface area contributed by atoms with E-state index >= 15 is 0 Å². The second-order valence-corrected chi connectivity index (χ2v) is 4.84. The first-order valence-electron chi connectivity index (χ1n) is 5.12. The molecule has 0 unspecified atom stereocenters. The third kappa shape index (κ3) is 3.17. The molecule has 5 heteroatoms. The molecule has 0 spiro atoms. The van der Waals surface area contributed by atoms with Crippen LogP contribution < -0.4 is 0 Å². The number of fused-ring (bicyclic) bond motifs is 1. The Kier molecular flexibility index (Phi) is 4.56. The average molecular weight is 255 g/mol. The lowest BCUT2D eigenvalue weighted by atomic mass is 10.4. The summed E-state index contributed by atoms with van der Waals surface area (Å²) in [5, 5.41) is 0.711. The predicted octanol–water partition coefficient (Wildman–Crippen LogP) is 3.21. The van der Waals surface area contributed by atoms with Gasteiger partial charge in [0, 0.05) is 28.3 Å². The van der Waals surface area contributed by atoms with Gasteiger partial charge in [0.05, 0.1) is 6.61 Å². The minimum Gasteiger partial charge on any atom is -0.470 e. The third-order valence-corrected chi connectivity index (χ3v) is 3.94. The van der Waals surface area contributed by atoms with Crippen LogP contribution in [0.15, 0.2) is 38.5 Å². The van der Waals surface area contributed by atoms with Crippen molar-refractivity contribution in [3.63, 3.8) is 0 Å². The molecule has 0 aliphatic carbocycles. The third-order valence-electron chi connectivity index (χ3n) is 1.92. The van der Waals surface area contributed by atoms with Crippen molar-refractivity contribution in [2.45, 2.75) is 16.7 Å². The molecule has 1 aromatic carbocycles. The molecule has 0 aromatic heterocycles. The fraction of sp³-hybridized carbons (Fsp3) is 0.364. The number of nitrogens with zero attached hydrogens (tertiary/aromatic N) is 1. The lowest BCUT2D eigenvalue weighted by Crippen LogP contribution is -2.09. The van der Waals surface area contributed by atoms with E-state index in [1.807, 2.05) is 19.1 Å². The van der Waals surface area contributed by atoms with Crippen LogP contribution in [0.2, 0.25) is 0 Å². The molecule has 2 rings (SSSR count). The van der Waals surface area contributed by atoms with Crippen LogP contribution in [-0.4, -0.2) is 25.1 Å². The maximum Gasteiger partial charge on any atom is 0.262 e. The van der Waals surface area contributed by atoms with Gasteiger partial charge in [0.15, 0.2) is 0 Å². The number of thioether (sulfide) groups is 1. The Morgan fingerprint density at radius 1 is 1.19 bits per heavy atom. The van der Waals surface area contributed by atoms with Gasteiger partial charge in [-0.15, -0.1) is 0 Å². The number of hydrogen-bond donors (Lipinski definition) is 0. The summed E-state index contributed by atoms with van der Waals surface area (Å²) >= 11 is 3.03. The average Bonchev–Trinajstić information content (AvgIpc) is 2.34. The van der Waals surface area contributed by atoms with Crippen LogP contribution in [0, 0.1) is 0 Å². The van der Waals surface area contributed by atoms with Crippen LogP contribution in [0.25, 0.3) is 0 Å². The normalized spacial score (nSPS) is 14.2. The molecule has 0 amide bonds. The minimum atomic E-state index is 0.558. The lowest BCUT2D eigenvalue weighted by molar-refractivity contribution is 0.108. The van der Waals surface area contributed by atoms with E-state index in [0.29, 0.717) is 18.4 Å². The maximum atomic E-state index is 5.51. The second kappa shape index (κ2) is 6.18. The first kappa shape index (κ1) is 11.8. The van der Waals surface area contributed by atoms with Crippen LogP contribution in [0.5, 0.6) is 0 Å². The summed E-state index contributed by atoms with van der Waals surface area (Å²) in [7, 11) is 0. The smallest absolute Gasteiger partial charge is 0.262 e. The molecular weight excluding hydrogens is 242 g/mol. The van der Waals surface area contributed by atoms with Crippen LogP contribution in [0.3, 0.4) is 0 Å². The van der Waals surface area contributed by atoms with E-state index in [-0.39, 0.29) is 0 Å². The van der Waals surface area contributed by atoms with Crippen LogP contribution in [0.1, 0.15) is 6.92 Å². The van der Waals surface area contributed by atoms with Crippen molar-refractivity contribution in [2.75, 3.05) is 19.8 Å². The largest absolute Gasteiger partial charge is 0.470 e. The quantitative estimate of drug-likeness (QED) is 0.610. The molecule has 1 aliphatic heterocycles. The Bertz CT molecular complexity index is 382. The van der Waals surface area contributed by atoms with E-state index in [9.17, 15) is 0 Å². The molecule has 0 bridgehead atoms. The summed E-state index contributed by atoms with van der Waals surface area (Å²) in [6, 6.07) is 8.18. The van der Waals surface area contributed by atoms with Gasteiger partial charge in [-0.25, -0.2) is 0 Å². The predicted molar refractivity (Wildman–Crippen MR) is 68.0 cm³/mol. The van der Waals surface area contributed by atoms with Crippen molar-refractivity contribution in [3.05, 3.63) is 24.3 Å². The molecule has 0 saturated heterocycles. The van der Waals surface area contributed by atoms with Gasteiger partial charge in [-0.2, -0.15) is 4.40 Å². The topological polar surface area (TPSA) is 30.8 Å². The van der Waals surface area contributed by atoms with E-state index in [4.69, 9.17) is 9.47 Å². The SMILES string of the molecule is CCOCCOC1=NSc2ccccc2S1. The summed E-state index contributed by atoms with van der Waals surface area (Å²) in [5.41, 5.74) is 0. The molecule has 1 aromatic rings. The Balaban J connectivity index is 1.84. The molecule has 0 radical (unpaired) electrons. The second-order valence-electron chi connectivity index (χ2n) is 3.04. The molecule has 1 aliphatic rings. The Morgan fingerprint density at radius 3 is 2.81 bits per heavy atom. The molecular formula is C11H13NO2S2. The number of benzene rings is 1. The summed E-state index contributed by atoms with van der Waals surface area (Å²) in [5.74, 6) is 0. The van der Waals surface area contributed by atoms with Gasteiger partial charge in [0.25, 0.3) is 5.23 Å². The molecule has 86 valence electrons. The van der Waals surface area contributed by atoms with Crippen molar-refractivity contribution >= 4 is 28.9 Å². The summed E-state index contributed by atoms with van der Waals surface area (Å²) in [6.45, 7) is 3.87. The van der Waals surface area contributed by atoms with Crippen LogP contribution in [0.4, 0.5) is 0 Å². The molecule has 0 N–H and O–H groups in total. The highest BCUT2D eigenvalue weighted by molar-refractivity contribution is 8.15. The zero-order valence-electron chi connectivity index (χ0n) is 9.01. The molecule has 0 saturated carbocycles. The number of ether oxygens (including phenoxy) is 2. The van der Waals surface area contributed by atoms with Crippen LogP contribution >= 0.6 is 23.7 Å². The standard InChI is InChI=1S/C11H13NO2S2/c1-2-13-7-8-14-11-12-16-10-6-4-3-5-9(10)15-11/h3-6H,2,7-8H2,1H3. The Hall–Kier alpha value is -0.650. The van der Waals surface area contributed by atoms with Gasteiger partial charge in [-0.1, -0.05) is 12.1 Å². The Labute approximate surface area is 104 Å². The zero-order chi connectivity index (χ0) is 11.2. The minimum absolute atomic E-state index is 0.558. The fourth-order valence-corrected chi connectivity index (χ4v) is 2.86. The fourth-order valence-electron chi connectivity index (χ4n) is 1.20. The first-order valence-corrected chi connectivity index (χ1v) is 6.71. The summed E-state index contributed by atoms with van der Waals surface area (Å²) < 4.78 is 15.0. The first-order chi connectivity index (χ1) is 7.90. The Morgan fingerprint density at radius 2 is 2.00 bits per heavy atom. The van der Waals surface area contributed by atoms with E-state index in [1.165, 1.54) is 21.7 Å². The van der Waals surface area contributed by atoms with Crippen molar-refractivity contribution in [1.82, 2.24) is 0 Å². The van der Waals surface area contributed by atoms with E-state index < -0.39 is 0 Å². The van der Waals surface area contributed by atoms with E-state index in [0.717, 1.165) is 6.61 Å². The van der Waals surface area contributed by atoms with E-state index in [2.05, 4.69) is 16.5 Å². The van der Waals surface area contributed by atoms with E-state index in [1.54, 1.807) is 11.8 Å². The van der Waals surface area contributed by atoms with Gasteiger partial charge in [-0.3, -0.25) is 0 Å². The molecule has 3 nitrogen and oxygen atoms in total. The van der Waals surface area contributed by atoms with Crippen LogP contribution in [-0.2, 0) is 9.47 Å². The maximum absolute atomic E-state index is 5.51. The number of hydrogen-bond acceptors (Lipinski definition) is 5. The zero-order valence-corrected chi connectivity index (χ0v) is 10.6. The summed E-state index contributed by atoms with van der Waals surface area (Å²) in [6.07, 6.45) is 0. The van der Waals surface area contributed by atoms with Crippen molar-refractivity contribution in [2.24, 2.45) is 4.40 Å². The van der Waals surface area contributed by atoms with Gasteiger partial charge < -0.3 is 9.47 Å². The molecule has 16 heavy (non-hydrogen) atoms. The van der Waals surface area contributed by atoms with Gasteiger partial charge in [0.2, 0.25) is 0 Å². The van der Waals surface area contributed by atoms with Crippen molar-refractivity contribution in [3.8, 4) is 0 Å². The highest BCUT2D eigenvalue weighted by Crippen LogP contribution is 2.37. The highest BCUT2D eigenvalue weighted by atomic mass is 32.2. The molecule has 1 heterocycles. The van der Waals surface area contributed by atoms with Gasteiger partial charge in [-0.05, 0) is 30.8 Å². The van der Waals surface area contributed by atoms with Crippen molar-refractivity contribution in [1.29, 1.82) is 0 Å². The highest BCUT2D eigenvalue weighted by Gasteiger charge is 2.14. The number of rotatable bonds is 4. The molecule has 0 atom stereocenters. The molecule has 0 fully saturated rings. The van der Waals surface area contributed by atoms with Crippen molar-refractivity contribution < 1.29 is 9.47 Å². The summed E-state index contributed by atoms with van der Waals surface area (Å²) in [4.78, 5) is 2.39.